The molecule has 0 radical (unpaired) electrons. The molecule has 2 N–H and O–H groups in total. The Morgan fingerprint density at radius 2 is 2.41 bits per heavy atom. The average molecular weight is 231 g/mol. The van der Waals surface area contributed by atoms with Crippen molar-refractivity contribution in [2.24, 2.45) is 7.05 Å². The van der Waals surface area contributed by atoms with Crippen molar-refractivity contribution >= 4 is 0 Å². The maximum Gasteiger partial charge on any atom is 0.110 e. The number of hydrogen-bond donors (Lipinski definition) is 2. The molecule has 1 aliphatic heterocycles. The van der Waals surface area contributed by atoms with E-state index in [1.807, 2.05) is 24.0 Å². The van der Waals surface area contributed by atoms with E-state index in [0.29, 0.717) is 5.92 Å². The molecule has 17 heavy (non-hydrogen) atoms. The van der Waals surface area contributed by atoms with Gasteiger partial charge in [0.15, 0.2) is 0 Å². The van der Waals surface area contributed by atoms with Crippen molar-refractivity contribution in [3.05, 3.63) is 24.3 Å². The Labute approximate surface area is 100 Å². The fourth-order valence-corrected chi connectivity index (χ4v) is 2.40. The van der Waals surface area contributed by atoms with Crippen LogP contribution in [-0.4, -0.2) is 32.8 Å². The van der Waals surface area contributed by atoms with E-state index in [4.69, 9.17) is 0 Å². The zero-order chi connectivity index (χ0) is 11.7. The molecular weight excluding hydrogens is 214 g/mol. The van der Waals surface area contributed by atoms with Crippen LogP contribution in [0.1, 0.15) is 24.6 Å². The molecule has 2 aromatic heterocycles. The summed E-state index contributed by atoms with van der Waals surface area (Å²) in [6.45, 7) is 2.16. The van der Waals surface area contributed by atoms with Gasteiger partial charge in [-0.25, -0.2) is 4.98 Å². The molecule has 0 aromatic carbocycles. The summed E-state index contributed by atoms with van der Waals surface area (Å²) < 4.78 is 1.86. The van der Waals surface area contributed by atoms with Crippen LogP contribution in [0.15, 0.2) is 18.5 Å². The molecule has 5 nitrogen and oxygen atoms in total. The number of hydrogen-bond acceptors (Lipinski definition) is 3. The SMILES string of the molecule is Cn1nccc1-c1cnc(C2CCCNC2)[nH]1. The van der Waals surface area contributed by atoms with E-state index < -0.39 is 0 Å². The monoisotopic (exact) mass is 231 g/mol. The zero-order valence-corrected chi connectivity index (χ0v) is 9.98. The Hall–Kier alpha value is -1.62. The van der Waals surface area contributed by atoms with Crippen molar-refractivity contribution in [3.63, 3.8) is 0 Å². The molecule has 0 amide bonds. The molecular formula is C12H17N5. The summed E-state index contributed by atoms with van der Waals surface area (Å²) in [5.74, 6) is 1.61. The minimum atomic E-state index is 0.519. The van der Waals surface area contributed by atoms with Crippen molar-refractivity contribution in [2.45, 2.75) is 18.8 Å². The van der Waals surface area contributed by atoms with Crippen molar-refractivity contribution in [2.75, 3.05) is 13.1 Å². The number of aromatic nitrogens is 4. The lowest BCUT2D eigenvalue weighted by molar-refractivity contribution is 0.449. The summed E-state index contributed by atoms with van der Waals surface area (Å²) in [5.41, 5.74) is 2.12. The standard InChI is InChI=1S/C12H17N5/c1-17-11(4-6-15-17)10-8-14-12(16-10)9-3-2-5-13-7-9/h4,6,8-9,13H,2-3,5,7H2,1H3,(H,14,16). The van der Waals surface area contributed by atoms with Gasteiger partial charge in [0.1, 0.15) is 5.82 Å². The second-order valence-corrected chi connectivity index (χ2v) is 4.57. The third kappa shape index (κ3) is 1.98. The minimum Gasteiger partial charge on any atom is -0.340 e. The normalized spacial score (nSPS) is 20.6. The van der Waals surface area contributed by atoms with Gasteiger partial charge in [0.2, 0.25) is 0 Å². The largest absolute Gasteiger partial charge is 0.340 e. The topological polar surface area (TPSA) is 58.5 Å². The molecule has 1 aliphatic rings. The predicted molar refractivity (Wildman–Crippen MR) is 65.6 cm³/mol. The van der Waals surface area contributed by atoms with Crippen LogP contribution in [0.5, 0.6) is 0 Å². The lowest BCUT2D eigenvalue weighted by Crippen LogP contribution is -2.28. The smallest absolute Gasteiger partial charge is 0.110 e. The molecule has 1 fully saturated rings. The first kappa shape index (κ1) is 10.5. The van der Waals surface area contributed by atoms with E-state index >= 15 is 0 Å². The van der Waals surface area contributed by atoms with Gasteiger partial charge in [-0.05, 0) is 25.5 Å². The molecule has 0 spiro atoms. The van der Waals surface area contributed by atoms with Gasteiger partial charge in [-0.1, -0.05) is 0 Å². The van der Waals surface area contributed by atoms with Gasteiger partial charge in [-0.3, -0.25) is 4.68 Å². The molecule has 2 aromatic rings. The van der Waals surface area contributed by atoms with Crippen LogP contribution in [0.3, 0.4) is 0 Å². The highest BCUT2D eigenvalue weighted by Crippen LogP contribution is 2.23. The van der Waals surface area contributed by atoms with Crippen LogP contribution >= 0.6 is 0 Å². The van der Waals surface area contributed by atoms with Gasteiger partial charge >= 0.3 is 0 Å². The molecule has 5 heteroatoms. The summed E-state index contributed by atoms with van der Waals surface area (Å²) in [7, 11) is 1.94. The molecule has 3 rings (SSSR count). The molecule has 0 aliphatic carbocycles. The number of nitrogens with one attached hydrogen (secondary N) is 2. The Balaban J connectivity index is 1.85. The number of nitrogens with zero attached hydrogens (tertiary/aromatic N) is 3. The molecule has 1 saturated heterocycles. The molecule has 1 atom stereocenters. The highest BCUT2D eigenvalue weighted by Gasteiger charge is 2.18. The van der Waals surface area contributed by atoms with Gasteiger partial charge in [-0.2, -0.15) is 5.10 Å². The van der Waals surface area contributed by atoms with Crippen LogP contribution in [0.25, 0.3) is 11.4 Å². The van der Waals surface area contributed by atoms with Crippen molar-refractivity contribution in [3.8, 4) is 11.4 Å². The number of aromatic amines is 1. The minimum absolute atomic E-state index is 0.519. The van der Waals surface area contributed by atoms with Gasteiger partial charge in [0, 0.05) is 25.7 Å². The van der Waals surface area contributed by atoms with E-state index in [2.05, 4.69) is 20.4 Å². The lowest BCUT2D eigenvalue weighted by atomic mass is 9.99. The number of piperidine rings is 1. The summed E-state index contributed by atoms with van der Waals surface area (Å²) in [6, 6.07) is 2.00. The molecule has 1 unspecified atom stereocenters. The number of imidazole rings is 1. The van der Waals surface area contributed by atoms with Crippen LogP contribution in [0, 0.1) is 0 Å². The van der Waals surface area contributed by atoms with Crippen molar-refractivity contribution in [1.29, 1.82) is 0 Å². The quantitative estimate of drug-likeness (QED) is 0.818. The lowest BCUT2D eigenvalue weighted by Gasteiger charge is -2.20. The molecule has 0 bridgehead atoms. The Morgan fingerprint density at radius 1 is 1.47 bits per heavy atom. The van der Waals surface area contributed by atoms with Gasteiger partial charge in [-0.15, -0.1) is 0 Å². The first-order valence-corrected chi connectivity index (χ1v) is 6.08. The third-order valence-corrected chi connectivity index (χ3v) is 3.38. The van der Waals surface area contributed by atoms with Crippen molar-refractivity contribution < 1.29 is 0 Å². The van der Waals surface area contributed by atoms with Gasteiger partial charge in [0.25, 0.3) is 0 Å². The Kier molecular flexibility index (Phi) is 2.68. The maximum atomic E-state index is 4.50. The first-order chi connectivity index (χ1) is 8.34. The fraction of sp³-hybridized carbons (Fsp3) is 0.500. The van der Waals surface area contributed by atoms with Gasteiger partial charge < -0.3 is 10.3 Å². The fourth-order valence-electron chi connectivity index (χ4n) is 2.40. The van der Waals surface area contributed by atoms with Crippen LogP contribution in [-0.2, 0) is 7.05 Å². The zero-order valence-electron chi connectivity index (χ0n) is 9.98. The van der Waals surface area contributed by atoms with Crippen molar-refractivity contribution in [1.82, 2.24) is 25.1 Å². The number of H-pyrrole nitrogens is 1. The van der Waals surface area contributed by atoms with Gasteiger partial charge in [0.05, 0.1) is 17.6 Å². The predicted octanol–water partition coefficient (Wildman–Crippen LogP) is 1.28. The molecule has 90 valence electrons. The Bertz CT molecular complexity index is 492. The second kappa shape index (κ2) is 4.33. The summed E-state index contributed by atoms with van der Waals surface area (Å²) in [6.07, 6.45) is 6.15. The van der Waals surface area contributed by atoms with Crippen LogP contribution in [0.4, 0.5) is 0 Å². The molecule has 3 heterocycles. The Morgan fingerprint density at radius 3 is 3.12 bits per heavy atom. The highest BCUT2D eigenvalue weighted by molar-refractivity contribution is 5.53. The summed E-state index contributed by atoms with van der Waals surface area (Å²) in [5, 5.41) is 7.58. The van der Waals surface area contributed by atoms with E-state index in [1.165, 1.54) is 12.8 Å². The third-order valence-electron chi connectivity index (χ3n) is 3.38. The van der Waals surface area contributed by atoms with E-state index in [0.717, 1.165) is 30.3 Å². The number of rotatable bonds is 2. The van der Waals surface area contributed by atoms with E-state index in [9.17, 15) is 0 Å². The van der Waals surface area contributed by atoms with Crippen LogP contribution in [0.2, 0.25) is 0 Å². The summed E-state index contributed by atoms with van der Waals surface area (Å²) >= 11 is 0. The number of aryl methyl sites for hydroxylation is 1. The maximum absolute atomic E-state index is 4.50. The highest BCUT2D eigenvalue weighted by atomic mass is 15.3. The second-order valence-electron chi connectivity index (χ2n) is 4.57. The van der Waals surface area contributed by atoms with E-state index in [1.54, 1.807) is 6.20 Å². The average Bonchev–Trinajstić information content (AvgIpc) is 2.98. The summed E-state index contributed by atoms with van der Waals surface area (Å²) in [4.78, 5) is 7.91. The first-order valence-electron chi connectivity index (χ1n) is 6.08. The van der Waals surface area contributed by atoms with E-state index in [-0.39, 0.29) is 0 Å². The molecule has 0 saturated carbocycles. The van der Waals surface area contributed by atoms with Crippen LogP contribution < -0.4 is 5.32 Å².